The molecule has 4 rings (SSSR count). The number of aryl methyl sites for hydroxylation is 2. The fraction of sp³-hybridized carbons (Fsp3) is 0.391. The number of fused-ring (bicyclic) bond motifs is 5. The van der Waals surface area contributed by atoms with Gasteiger partial charge >= 0.3 is 0 Å². The van der Waals surface area contributed by atoms with Gasteiger partial charge in [0.25, 0.3) is 0 Å². The third-order valence-corrected chi connectivity index (χ3v) is 7.98. The molecule has 2 nitrogen and oxygen atoms in total. The Hall–Kier alpha value is -1.84. The first-order chi connectivity index (χ1) is 12.2. The molecule has 1 atom stereocenters. The van der Waals surface area contributed by atoms with Gasteiger partial charge in [-0.1, -0.05) is 49.0 Å². The molecule has 1 aromatic heterocycles. The van der Waals surface area contributed by atoms with Crippen LogP contribution in [-0.4, -0.2) is 23.6 Å². The average molecular weight is 363 g/mol. The van der Waals surface area contributed by atoms with Crippen molar-refractivity contribution in [1.82, 2.24) is 9.13 Å². The van der Waals surface area contributed by atoms with Crippen molar-refractivity contribution in [2.24, 2.45) is 7.05 Å². The van der Waals surface area contributed by atoms with Crippen LogP contribution in [0.25, 0.3) is 22.0 Å². The lowest BCUT2D eigenvalue weighted by molar-refractivity contribution is 0.207. The van der Waals surface area contributed by atoms with E-state index in [1.807, 2.05) is 0 Å². The molecule has 0 saturated heterocycles. The zero-order chi connectivity index (χ0) is 18.8. The number of rotatable bonds is 2. The van der Waals surface area contributed by atoms with Crippen molar-refractivity contribution in [1.29, 1.82) is 0 Å². The highest BCUT2D eigenvalue weighted by molar-refractivity contribution is 6.53. The molecule has 0 fully saturated rings. The van der Waals surface area contributed by atoms with Crippen molar-refractivity contribution in [2.45, 2.75) is 52.4 Å². The van der Waals surface area contributed by atoms with Gasteiger partial charge < -0.3 is 9.13 Å². The Bertz CT molecular complexity index is 991. The Balaban J connectivity index is 2.10. The minimum Gasteiger partial charge on any atom is -0.345 e. The molecule has 1 unspecified atom stereocenters. The highest BCUT2D eigenvalue weighted by atomic mass is 28.3. The van der Waals surface area contributed by atoms with Gasteiger partial charge in [0, 0.05) is 34.7 Å². The standard InChI is InChI=1S/C23H30N2Si/c1-15-12-13-19-18(14-15)20-16-10-8-9-11-17(16)21(22(20)24(19)5)25(26(6)7)23(2,3)4/h8-14,21,26H,1-7H3. The predicted octanol–water partition coefficient (Wildman–Crippen LogP) is 5.64. The summed E-state index contributed by atoms with van der Waals surface area (Å²) in [7, 11) is 1.21. The van der Waals surface area contributed by atoms with E-state index in [2.05, 4.69) is 99.4 Å². The van der Waals surface area contributed by atoms with Crippen molar-refractivity contribution in [3.05, 3.63) is 59.3 Å². The van der Waals surface area contributed by atoms with Crippen LogP contribution in [0.5, 0.6) is 0 Å². The van der Waals surface area contributed by atoms with E-state index in [9.17, 15) is 0 Å². The number of aromatic nitrogens is 1. The molecule has 0 amide bonds. The molecule has 0 bridgehead atoms. The van der Waals surface area contributed by atoms with Gasteiger partial charge in [0.1, 0.15) is 8.96 Å². The van der Waals surface area contributed by atoms with E-state index in [0.717, 1.165) is 0 Å². The summed E-state index contributed by atoms with van der Waals surface area (Å²) in [5, 5.41) is 1.40. The van der Waals surface area contributed by atoms with Crippen molar-refractivity contribution >= 4 is 19.9 Å². The van der Waals surface area contributed by atoms with Gasteiger partial charge in [-0.15, -0.1) is 0 Å². The zero-order valence-corrected chi connectivity index (χ0v) is 18.2. The van der Waals surface area contributed by atoms with Crippen molar-refractivity contribution < 1.29 is 0 Å². The van der Waals surface area contributed by atoms with Crippen molar-refractivity contribution in [3.8, 4) is 11.1 Å². The van der Waals surface area contributed by atoms with Crippen LogP contribution in [0.3, 0.4) is 0 Å². The third kappa shape index (κ3) is 2.41. The molecular formula is C23H30N2Si. The maximum Gasteiger partial charge on any atom is 0.107 e. The van der Waals surface area contributed by atoms with E-state index in [0.29, 0.717) is 6.04 Å². The molecule has 3 heteroatoms. The summed E-state index contributed by atoms with van der Waals surface area (Å²) in [6.45, 7) is 14.2. The molecule has 1 aliphatic carbocycles. The number of hydrogen-bond acceptors (Lipinski definition) is 1. The van der Waals surface area contributed by atoms with Crippen LogP contribution in [0, 0.1) is 6.92 Å². The van der Waals surface area contributed by atoms with Gasteiger partial charge in [-0.3, -0.25) is 0 Å². The van der Waals surface area contributed by atoms with E-state index in [1.54, 1.807) is 0 Å². The number of benzene rings is 2. The lowest BCUT2D eigenvalue weighted by Gasteiger charge is -2.44. The number of hydrogen-bond donors (Lipinski definition) is 0. The molecule has 0 radical (unpaired) electrons. The number of nitrogens with zero attached hydrogens (tertiary/aromatic N) is 2. The van der Waals surface area contributed by atoms with Crippen LogP contribution in [0.2, 0.25) is 13.1 Å². The Morgan fingerprint density at radius 3 is 2.38 bits per heavy atom. The van der Waals surface area contributed by atoms with Gasteiger partial charge in [0.05, 0.1) is 6.04 Å². The van der Waals surface area contributed by atoms with Crippen LogP contribution in [-0.2, 0) is 7.05 Å². The van der Waals surface area contributed by atoms with E-state index in [1.165, 1.54) is 38.9 Å². The molecule has 0 spiro atoms. The van der Waals surface area contributed by atoms with Gasteiger partial charge in [0.15, 0.2) is 0 Å². The average Bonchev–Trinajstić information content (AvgIpc) is 3.01. The summed E-state index contributed by atoms with van der Waals surface area (Å²) in [6.07, 6.45) is 0. The molecule has 3 aromatic rings. The minimum atomic E-state index is -1.04. The first-order valence-electron chi connectivity index (χ1n) is 9.68. The summed E-state index contributed by atoms with van der Waals surface area (Å²) in [4.78, 5) is 0. The van der Waals surface area contributed by atoms with Crippen LogP contribution >= 0.6 is 0 Å². The summed E-state index contributed by atoms with van der Waals surface area (Å²) in [5.41, 5.74) is 8.66. The fourth-order valence-electron chi connectivity index (χ4n) is 5.03. The second-order valence-corrected chi connectivity index (χ2v) is 11.7. The topological polar surface area (TPSA) is 8.17 Å². The predicted molar refractivity (Wildman–Crippen MR) is 115 cm³/mol. The lowest BCUT2D eigenvalue weighted by atomic mass is 10.0. The largest absolute Gasteiger partial charge is 0.345 e. The molecule has 2 aromatic carbocycles. The monoisotopic (exact) mass is 362 g/mol. The van der Waals surface area contributed by atoms with Gasteiger partial charge in [-0.2, -0.15) is 0 Å². The maximum absolute atomic E-state index is 2.81. The van der Waals surface area contributed by atoms with Crippen LogP contribution < -0.4 is 0 Å². The zero-order valence-electron chi connectivity index (χ0n) is 17.1. The van der Waals surface area contributed by atoms with Crippen molar-refractivity contribution in [2.75, 3.05) is 0 Å². The Morgan fingerprint density at radius 2 is 1.73 bits per heavy atom. The SMILES string of the molecule is Cc1ccc2c(c1)c1c(n2C)C(N([SiH](C)C)C(C)(C)C)c2ccccc2-1. The third-order valence-electron chi connectivity index (χ3n) is 5.79. The Kier molecular flexibility index (Phi) is 3.94. The summed E-state index contributed by atoms with van der Waals surface area (Å²) in [5.74, 6) is 0. The normalized spacial score (nSPS) is 16.6. The van der Waals surface area contributed by atoms with Gasteiger partial charge in [0.2, 0.25) is 0 Å². The Labute approximate surface area is 159 Å². The van der Waals surface area contributed by atoms with E-state index in [4.69, 9.17) is 0 Å². The Morgan fingerprint density at radius 1 is 1.04 bits per heavy atom. The molecule has 0 aliphatic heterocycles. The summed E-state index contributed by atoms with van der Waals surface area (Å²) < 4.78 is 5.26. The second-order valence-electron chi connectivity index (χ2n) is 9.00. The molecule has 1 heterocycles. The molecular weight excluding hydrogens is 332 g/mol. The highest BCUT2D eigenvalue weighted by Crippen LogP contribution is 2.52. The van der Waals surface area contributed by atoms with Crippen molar-refractivity contribution in [3.63, 3.8) is 0 Å². The minimum absolute atomic E-state index is 0.145. The van der Waals surface area contributed by atoms with Crippen LogP contribution in [0.15, 0.2) is 42.5 Å². The summed E-state index contributed by atoms with van der Waals surface area (Å²) >= 11 is 0. The van der Waals surface area contributed by atoms with Gasteiger partial charge in [-0.25, -0.2) is 0 Å². The molecule has 0 N–H and O–H groups in total. The first kappa shape index (κ1) is 17.6. The highest BCUT2D eigenvalue weighted by Gasteiger charge is 2.41. The first-order valence-corrected chi connectivity index (χ1v) is 12.5. The molecule has 0 saturated carbocycles. The maximum atomic E-state index is 2.81. The molecule has 1 aliphatic rings. The van der Waals surface area contributed by atoms with Gasteiger partial charge in [-0.05, 0) is 51.0 Å². The van der Waals surface area contributed by atoms with E-state index < -0.39 is 8.96 Å². The molecule has 136 valence electrons. The smallest absolute Gasteiger partial charge is 0.107 e. The lowest BCUT2D eigenvalue weighted by Crippen LogP contribution is -2.50. The fourth-order valence-corrected chi connectivity index (χ4v) is 7.48. The van der Waals surface area contributed by atoms with Crippen LogP contribution in [0.4, 0.5) is 0 Å². The van der Waals surface area contributed by atoms with E-state index >= 15 is 0 Å². The second kappa shape index (κ2) is 5.83. The van der Waals surface area contributed by atoms with E-state index in [-0.39, 0.29) is 5.54 Å². The summed E-state index contributed by atoms with van der Waals surface area (Å²) in [6, 6.07) is 16.3. The van der Waals surface area contributed by atoms with Crippen LogP contribution in [0.1, 0.15) is 43.6 Å². The molecule has 26 heavy (non-hydrogen) atoms. The quantitative estimate of drug-likeness (QED) is 0.536.